The van der Waals surface area contributed by atoms with Crippen LogP contribution < -0.4 is 15.2 Å². The van der Waals surface area contributed by atoms with Gasteiger partial charge in [-0.1, -0.05) is 11.6 Å². The lowest BCUT2D eigenvalue weighted by molar-refractivity contribution is -0.254. The van der Waals surface area contributed by atoms with Crippen LogP contribution in [0.15, 0.2) is 18.2 Å². The fraction of sp³-hybridized carbons (Fsp3) is 0.312. The number of rotatable bonds is 7. The number of hydrogen-bond acceptors (Lipinski definition) is 6. The highest BCUT2D eigenvalue weighted by Gasteiger charge is 2.11. The van der Waals surface area contributed by atoms with Gasteiger partial charge in [0.25, 0.3) is 0 Å². The molecule has 0 fully saturated rings. The molecule has 0 bridgehead atoms. The molecule has 1 amide bonds. The Morgan fingerprint density at radius 1 is 1.38 bits per heavy atom. The van der Waals surface area contributed by atoms with Gasteiger partial charge in [-0.25, -0.2) is 4.98 Å². The number of benzene rings is 1. The first-order valence-electron chi connectivity index (χ1n) is 7.20. The average Bonchev–Trinajstić information content (AvgIpc) is 2.86. The van der Waals surface area contributed by atoms with Crippen molar-refractivity contribution in [2.75, 3.05) is 13.2 Å². The molecule has 0 aliphatic carbocycles. The molecule has 0 aliphatic rings. The first kappa shape index (κ1) is 18.2. The van der Waals surface area contributed by atoms with Crippen LogP contribution >= 0.6 is 22.9 Å². The predicted molar refractivity (Wildman–Crippen MR) is 89.6 cm³/mol. The molecule has 24 heavy (non-hydrogen) atoms. The quantitative estimate of drug-likeness (QED) is 0.749. The van der Waals surface area contributed by atoms with Gasteiger partial charge in [-0.05, 0) is 37.6 Å². The van der Waals surface area contributed by atoms with Gasteiger partial charge in [0.2, 0.25) is 5.91 Å². The molecule has 0 saturated carbocycles. The molecule has 1 heterocycles. The third kappa shape index (κ3) is 4.94. The van der Waals surface area contributed by atoms with Crippen molar-refractivity contribution >= 4 is 34.8 Å². The summed E-state index contributed by atoms with van der Waals surface area (Å²) >= 11 is 6.83. The number of ether oxygens (including phenoxy) is 1. The molecule has 128 valence electrons. The Bertz CT molecular complexity index is 761. The molecule has 0 aliphatic heterocycles. The van der Waals surface area contributed by atoms with Gasteiger partial charge in [-0.3, -0.25) is 4.79 Å². The molecule has 1 aromatic heterocycles. The fourth-order valence-corrected chi connectivity index (χ4v) is 3.17. The molecule has 0 unspecified atom stereocenters. The molecule has 1 aromatic carbocycles. The normalized spacial score (nSPS) is 10.5. The first-order chi connectivity index (χ1) is 11.4. The lowest BCUT2D eigenvalue weighted by Gasteiger charge is -2.10. The maximum Gasteiger partial charge on any atom is 0.226 e. The summed E-state index contributed by atoms with van der Waals surface area (Å²) in [6.45, 7) is 4.11. The lowest BCUT2D eigenvalue weighted by Crippen LogP contribution is -2.29. The Labute approximate surface area is 148 Å². The zero-order valence-electron chi connectivity index (χ0n) is 13.2. The number of nitrogens with one attached hydrogen (secondary N) is 1. The molecule has 8 heteroatoms. The highest BCUT2D eigenvalue weighted by molar-refractivity contribution is 7.13. The number of amides is 1. The van der Waals surface area contributed by atoms with Gasteiger partial charge in [0, 0.05) is 5.02 Å². The van der Waals surface area contributed by atoms with E-state index in [1.807, 2.05) is 6.92 Å². The number of aromatic carboxylic acids is 1. The van der Waals surface area contributed by atoms with Crippen LogP contribution in [0.4, 0.5) is 0 Å². The summed E-state index contributed by atoms with van der Waals surface area (Å²) < 4.78 is 5.57. The number of halogens is 1. The number of carboxylic acid groups (broad SMARTS) is 1. The smallest absolute Gasteiger partial charge is 0.226 e. The topological polar surface area (TPSA) is 91.3 Å². The Kier molecular flexibility index (Phi) is 6.16. The Balaban J connectivity index is 1.77. The number of thiazole rings is 1. The summed E-state index contributed by atoms with van der Waals surface area (Å²) in [5, 5.41) is 14.6. The van der Waals surface area contributed by atoms with E-state index in [-0.39, 0.29) is 17.2 Å². The summed E-state index contributed by atoms with van der Waals surface area (Å²) in [6, 6.07) is 5.32. The van der Waals surface area contributed by atoms with Crippen LogP contribution in [0.1, 0.15) is 25.9 Å². The van der Waals surface area contributed by atoms with E-state index in [0.717, 1.165) is 16.9 Å². The van der Waals surface area contributed by atoms with Crippen LogP contribution in [0.2, 0.25) is 5.02 Å². The third-order valence-corrected chi connectivity index (χ3v) is 4.53. The van der Waals surface area contributed by atoms with Crippen molar-refractivity contribution < 1.29 is 19.4 Å². The maximum absolute atomic E-state index is 11.8. The molecule has 6 nitrogen and oxygen atoms in total. The van der Waals surface area contributed by atoms with Gasteiger partial charge < -0.3 is 20.0 Å². The van der Waals surface area contributed by atoms with Crippen LogP contribution in [0, 0.1) is 13.8 Å². The van der Waals surface area contributed by atoms with Crippen molar-refractivity contribution in [3.8, 4) is 5.75 Å². The molecule has 2 aromatic rings. The molecule has 1 N–H and O–H groups in total. The number of carbonyl (C=O) groups excluding carboxylic acids is 2. The van der Waals surface area contributed by atoms with E-state index >= 15 is 0 Å². The van der Waals surface area contributed by atoms with Gasteiger partial charge in [0.05, 0.1) is 29.5 Å². The SMILES string of the molecule is Cc1cc(Cl)ccc1OCCNC(=O)Cc1nc(C)c(C(=O)[O-])s1. The highest BCUT2D eigenvalue weighted by Crippen LogP contribution is 2.21. The van der Waals surface area contributed by atoms with Crippen LogP contribution in [-0.2, 0) is 11.2 Å². The molecule has 0 saturated heterocycles. The predicted octanol–water partition coefficient (Wildman–Crippen LogP) is 1.51. The van der Waals surface area contributed by atoms with Crippen LogP contribution in [0.5, 0.6) is 5.75 Å². The van der Waals surface area contributed by atoms with E-state index in [0.29, 0.717) is 34.6 Å². The van der Waals surface area contributed by atoms with Crippen molar-refractivity contribution in [1.82, 2.24) is 10.3 Å². The number of aromatic nitrogens is 1. The maximum atomic E-state index is 11.8. The van der Waals surface area contributed by atoms with Crippen molar-refractivity contribution in [3.05, 3.63) is 44.4 Å². The number of nitrogens with zero attached hydrogens (tertiary/aromatic N) is 1. The van der Waals surface area contributed by atoms with Crippen LogP contribution in [0.3, 0.4) is 0 Å². The number of aryl methyl sites for hydroxylation is 2. The monoisotopic (exact) mass is 367 g/mol. The Hall–Kier alpha value is -2.12. The van der Waals surface area contributed by atoms with Gasteiger partial charge in [-0.2, -0.15) is 0 Å². The molecule has 2 rings (SSSR count). The Morgan fingerprint density at radius 3 is 2.75 bits per heavy atom. The van der Waals surface area contributed by atoms with Gasteiger partial charge in [0.1, 0.15) is 17.4 Å². The third-order valence-electron chi connectivity index (χ3n) is 3.16. The minimum Gasteiger partial charge on any atom is -0.544 e. The van der Waals surface area contributed by atoms with Gasteiger partial charge >= 0.3 is 0 Å². The minimum atomic E-state index is -1.27. The molecule has 0 atom stereocenters. The summed E-state index contributed by atoms with van der Waals surface area (Å²) in [5.74, 6) is -0.809. The first-order valence-corrected chi connectivity index (χ1v) is 8.39. The van der Waals surface area contributed by atoms with Gasteiger partial charge in [-0.15, -0.1) is 11.3 Å². The van der Waals surface area contributed by atoms with E-state index in [2.05, 4.69) is 10.3 Å². The zero-order valence-corrected chi connectivity index (χ0v) is 14.8. The number of carbonyl (C=O) groups is 2. The van der Waals surface area contributed by atoms with Crippen molar-refractivity contribution in [1.29, 1.82) is 0 Å². The molecule has 0 radical (unpaired) electrons. The largest absolute Gasteiger partial charge is 0.544 e. The second kappa shape index (κ2) is 8.12. The standard InChI is InChI=1S/C16H17ClN2O4S/c1-9-7-11(17)3-4-12(9)23-6-5-18-13(20)8-14-19-10(2)15(24-14)16(21)22/h3-4,7H,5-6,8H2,1-2H3,(H,18,20)(H,21,22)/p-1. The average molecular weight is 368 g/mol. The summed E-state index contributed by atoms with van der Waals surface area (Å²) in [6.07, 6.45) is 0.0265. The second-order valence-corrected chi connectivity index (χ2v) is 6.61. The van der Waals surface area contributed by atoms with Crippen LogP contribution in [0.25, 0.3) is 0 Å². The molecular formula is C16H16ClN2O4S-. The van der Waals surface area contributed by atoms with Gasteiger partial charge in [0.15, 0.2) is 0 Å². The van der Waals surface area contributed by atoms with Crippen molar-refractivity contribution in [3.63, 3.8) is 0 Å². The lowest BCUT2D eigenvalue weighted by atomic mass is 10.2. The fourth-order valence-electron chi connectivity index (χ4n) is 2.04. The van der Waals surface area contributed by atoms with E-state index in [4.69, 9.17) is 16.3 Å². The molecular weight excluding hydrogens is 352 g/mol. The summed E-state index contributed by atoms with van der Waals surface area (Å²) in [4.78, 5) is 26.8. The minimum absolute atomic E-state index is 0.0265. The summed E-state index contributed by atoms with van der Waals surface area (Å²) in [7, 11) is 0. The van der Waals surface area contributed by atoms with E-state index in [9.17, 15) is 14.7 Å². The van der Waals surface area contributed by atoms with E-state index < -0.39 is 5.97 Å². The zero-order chi connectivity index (χ0) is 17.7. The van der Waals surface area contributed by atoms with Crippen molar-refractivity contribution in [2.45, 2.75) is 20.3 Å². The molecule has 0 spiro atoms. The van der Waals surface area contributed by atoms with Crippen molar-refractivity contribution in [2.24, 2.45) is 0 Å². The van der Waals surface area contributed by atoms with Crippen LogP contribution in [-0.4, -0.2) is 30.0 Å². The highest BCUT2D eigenvalue weighted by atomic mass is 35.5. The summed E-state index contributed by atoms with van der Waals surface area (Å²) in [5.41, 5.74) is 1.28. The number of carboxylic acids is 1. The van der Waals surface area contributed by atoms with E-state index in [1.54, 1.807) is 25.1 Å². The second-order valence-electron chi connectivity index (χ2n) is 5.09. The van der Waals surface area contributed by atoms with E-state index in [1.165, 1.54) is 0 Å². The Morgan fingerprint density at radius 2 is 2.12 bits per heavy atom. The number of hydrogen-bond donors (Lipinski definition) is 1.